The van der Waals surface area contributed by atoms with Gasteiger partial charge in [-0.2, -0.15) is 0 Å². The quantitative estimate of drug-likeness (QED) is 0.564. The monoisotopic (exact) mass is 387 g/mol. The summed E-state index contributed by atoms with van der Waals surface area (Å²) < 4.78 is 10.7. The van der Waals surface area contributed by atoms with E-state index in [-0.39, 0.29) is 11.9 Å². The molecule has 0 radical (unpaired) electrons. The maximum absolute atomic E-state index is 12.3. The third-order valence-electron chi connectivity index (χ3n) is 4.92. The normalized spacial score (nSPS) is 12.6. The van der Waals surface area contributed by atoms with Gasteiger partial charge in [-0.15, -0.1) is 11.3 Å². The van der Waals surface area contributed by atoms with Gasteiger partial charge in [0, 0.05) is 11.3 Å². The van der Waals surface area contributed by atoms with Crippen molar-refractivity contribution in [3.8, 4) is 5.75 Å². The number of carbonyl (C=O) groups excluding carboxylic acids is 2. The Kier molecular flexibility index (Phi) is 6.16. The summed E-state index contributed by atoms with van der Waals surface area (Å²) >= 11 is 1.50. The minimum absolute atomic E-state index is 0.107. The molecule has 1 aliphatic rings. The van der Waals surface area contributed by atoms with Crippen LogP contribution in [0.3, 0.4) is 0 Å². The van der Waals surface area contributed by atoms with Gasteiger partial charge in [0.1, 0.15) is 10.8 Å². The topological polar surface area (TPSA) is 64.6 Å². The van der Waals surface area contributed by atoms with Gasteiger partial charge < -0.3 is 14.8 Å². The van der Waals surface area contributed by atoms with Crippen molar-refractivity contribution in [3.63, 3.8) is 0 Å². The lowest BCUT2D eigenvalue weighted by Gasteiger charge is -2.11. The van der Waals surface area contributed by atoms with Gasteiger partial charge in [0.05, 0.1) is 19.3 Å². The third kappa shape index (κ3) is 4.33. The molecule has 1 N–H and O–H groups in total. The average Bonchev–Trinajstić information content (AvgIpc) is 3.22. The van der Waals surface area contributed by atoms with Crippen LogP contribution in [0.4, 0.5) is 5.00 Å². The standard InChI is InChI=1S/C21H25NO4S/c1-13-7-4-9-16(14(13)2)26-12-6-11-18(23)22-20-19(21(24)25-3)15-8-5-10-17(15)27-20/h4,7,9H,5-6,8,10-12H2,1-3H3,(H,22,23). The molecule has 0 spiro atoms. The Morgan fingerprint density at radius 3 is 2.81 bits per heavy atom. The van der Waals surface area contributed by atoms with Gasteiger partial charge in [-0.1, -0.05) is 12.1 Å². The molecule has 1 aromatic heterocycles. The fourth-order valence-corrected chi connectivity index (χ4v) is 4.59. The Labute approximate surface area is 163 Å². The number of benzene rings is 1. The second kappa shape index (κ2) is 8.57. The number of thiophene rings is 1. The molecule has 27 heavy (non-hydrogen) atoms. The van der Waals surface area contributed by atoms with Gasteiger partial charge >= 0.3 is 5.97 Å². The molecule has 0 aliphatic heterocycles. The summed E-state index contributed by atoms with van der Waals surface area (Å²) in [7, 11) is 1.37. The summed E-state index contributed by atoms with van der Waals surface area (Å²) in [4.78, 5) is 25.6. The Morgan fingerprint density at radius 2 is 2.04 bits per heavy atom. The van der Waals surface area contributed by atoms with E-state index in [1.165, 1.54) is 28.9 Å². The number of amides is 1. The van der Waals surface area contributed by atoms with E-state index in [2.05, 4.69) is 5.32 Å². The molecule has 1 aromatic carbocycles. The molecular formula is C21H25NO4S. The summed E-state index contributed by atoms with van der Waals surface area (Å²) in [5.74, 6) is 0.380. The van der Waals surface area contributed by atoms with Gasteiger partial charge in [-0.25, -0.2) is 4.79 Å². The van der Waals surface area contributed by atoms with E-state index in [9.17, 15) is 9.59 Å². The summed E-state index contributed by atoms with van der Waals surface area (Å²) in [5, 5.41) is 3.52. The van der Waals surface area contributed by atoms with Crippen LogP contribution < -0.4 is 10.1 Å². The fourth-order valence-electron chi connectivity index (χ4n) is 3.29. The summed E-state index contributed by atoms with van der Waals surface area (Å²) in [6.07, 6.45) is 3.83. The smallest absolute Gasteiger partial charge is 0.341 e. The van der Waals surface area contributed by atoms with Crippen molar-refractivity contribution < 1.29 is 19.1 Å². The van der Waals surface area contributed by atoms with Crippen molar-refractivity contribution in [2.24, 2.45) is 0 Å². The molecule has 1 amide bonds. The first kappa shape index (κ1) is 19.4. The highest BCUT2D eigenvalue weighted by atomic mass is 32.1. The lowest BCUT2D eigenvalue weighted by Crippen LogP contribution is -2.15. The molecule has 144 valence electrons. The highest BCUT2D eigenvalue weighted by Crippen LogP contribution is 2.39. The lowest BCUT2D eigenvalue weighted by atomic mass is 10.1. The van der Waals surface area contributed by atoms with Crippen molar-refractivity contribution in [3.05, 3.63) is 45.3 Å². The summed E-state index contributed by atoms with van der Waals surface area (Å²) in [5.41, 5.74) is 3.89. The number of aryl methyl sites for hydroxylation is 2. The molecule has 5 nitrogen and oxygen atoms in total. The molecule has 0 atom stereocenters. The van der Waals surface area contributed by atoms with E-state index in [0.717, 1.165) is 36.1 Å². The molecule has 0 bridgehead atoms. The zero-order valence-electron chi connectivity index (χ0n) is 16.0. The zero-order valence-corrected chi connectivity index (χ0v) is 16.8. The minimum Gasteiger partial charge on any atom is -0.493 e. The maximum Gasteiger partial charge on any atom is 0.341 e. The first-order valence-corrected chi connectivity index (χ1v) is 10.0. The van der Waals surface area contributed by atoms with Crippen LogP contribution in [-0.4, -0.2) is 25.6 Å². The molecule has 3 rings (SSSR count). The molecule has 6 heteroatoms. The number of nitrogens with one attached hydrogen (secondary N) is 1. The van der Waals surface area contributed by atoms with Crippen LogP contribution in [0.5, 0.6) is 5.75 Å². The van der Waals surface area contributed by atoms with Crippen molar-refractivity contribution in [1.29, 1.82) is 0 Å². The minimum atomic E-state index is -0.372. The number of carbonyl (C=O) groups is 2. The maximum atomic E-state index is 12.3. The number of methoxy groups -OCH3 is 1. The SMILES string of the molecule is COC(=O)c1c(NC(=O)CCCOc2cccc(C)c2C)sc2c1CCC2. The second-order valence-electron chi connectivity index (χ2n) is 6.75. The van der Waals surface area contributed by atoms with Crippen LogP contribution in [0.2, 0.25) is 0 Å². The average molecular weight is 388 g/mol. The molecule has 1 heterocycles. The molecule has 0 unspecified atom stereocenters. The molecule has 0 saturated heterocycles. The largest absolute Gasteiger partial charge is 0.493 e. The van der Waals surface area contributed by atoms with E-state index in [4.69, 9.17) is 9.47 Å². The van der Waals surface area contributed by atoms with Crippen LogP contribution in [0, 0.1) is 13.8 Å². The molecular weight excluding hydrogens is 362 g/mol. The van der Waals surface area contributed by atoms with Gasteiger partial charge in [0.25, 0.3) is 0 Å². The van der Waals surface area contributed by atoms with E-state index in [1.807, 2.05) is 32.0 Å². The highest BCUT2D eigenvalue weighted by Gasteiger charge is 2.27. The number of hydrogen-bond acceptors (Lipinski definition) is 5. The highest BCUT2D eigenvalue weighted by molar-refractivity contribution is 7.17. The number of fused-ring (bicyclic) bond motifs is 1. The van der Waals surface area contributed by atoms with Crippen LogP contribution in [-0.2, 0) is 22.4 Å². The zero-order chi connectivity index (χ0) is 19.4. The van der Waals surface area contributed by atoms with Crippen molar-refractivity contribution in [1.82, 2.24) is 0 Å². The van der Waals surface area contributed by atoms with Crippen molar-refractivity contribution in [2.75, 3.05) is 19.0 Å². The van der Waals surface area contributed by atoms with E-state index < -0.39 is 0 Å². The molecule has 0 fully saturated rings. The first-order chi connectivity index (χ1) is 13.0. The van der Waals surface area contributed by atoms with Crippen LogP contribution >= 0.6 is 11.3 Å². The first-order valence-electron chi connectivity index (χ1n) is 9.23. The second-order valence-corrected chi connectivity index (χ2v) is 7.86. The summed E-state index contributed by atoms with van der Waals surface area (Å²) in [6.45, 7) is 4.55. The van der Waals surface area contributed by atoms with E-state index in [0.29, 0.717) is 30.0 Å². The molecule has 0 saturated carbocycles. The predicted octanol–water partition coefficient (Wildman–Crippen LogP) is 4.44. The predicted molar refractivity (Wildman–Crippen MR) is 107 cm³/mol. The number of esters is 1. The van der Waals surface area contributed by atoms with Crippen LogP contribution in [0.1, 0.15) is 51.2 Å². The Morgan fingerprint density at radius 1 is 1.22 bits per heavy atom. The number of anilines is 1. The van der Waals surface area contributed by atoms with Crippen LogP contribution in [0.25, 0.3) is 0 Å². The number of ether oxygens (including phenoxy) is 2. The summed E-state index contributed by atoms with van der Waals surface area (Å²) in [6, 6.07) is 5.96. The Balaban J connectivity index is 1.54. The Bertz CT molecular complexity index is 856. The van der Waals surface area contributed by atoms with Crippen molar-refractivity contribution in [2.45, 2.75) is 46.0 Å². The van der Waals surface area contributed by atoms with Crippen LogP contribution in [0.15, 0.2) is 18.2 Å². The number of hydrogen-bond donors (Lipinski definition) is 1. The lowest BCUT2D eigenvalue weighted by molar-refractivity contribution is -0.116. The van der Waals surface area contributed by atoms with Gasteiger partial charge in [-0.3, -0.25) is 4.79 Å². The third-order valence-corrected chi connectivity index (χ3v) is 6.13. The van der Waals surface area contributed by atoms with Gasteiger partial charge in [0.15, 0.2) is 0 Å². The van der Waals surface area contributed by atoms with Crippen molar-refractivity contribution >= 4 is 28.2 Å². The molecule has 1 aliphatic carbocycles. The van der Waals surface area contributed by atoms with E-state index in [1.54, 1.807) is 0 Å². The Hall–Kier alpha value is -2.34. The number of rotatable bonds is 7. The van der Waals surface area contributed by atoms with E-state index >= 15 is 0 Å². The van der Waals surface area contributed by atoms with Gasteiger partial charge in [-0.05, 0) is 62.3 Å². The fraction of sp³-hybridized carbons (Fsp3) is 0.429. The van der Waals surface area contributed by atoms with Gasteiger partial charge in [0.2, 0.25) is 5.91 Å². The molecule has 2 aromatic rings.